The molecule has 0 aromatic carbocycles. The average molecular weight is 455 g/mol. The molecule has 0 aliphatic carbocycles. The van der Waals surface area contributed by atoms with E-state index < -0.39 is 0 Å². The summed E-state index contributed by atoms with van der Waals surface area (Å²) in [6, 6.07) is 5.24. The monoisotopic (exact) mass is 454 g/mol. The van der Waals surface area contributed by atoms with E-state index in [1.165, 1.54) is 22.2 Å². The van der Waals surface area contributed by atoms with Crippen LogP contribution in [-0.4, -0.2) is 67.0 Å². The minimum atomic E-state index is -0.144. The SMILES string of the molecule is Cn1c(=O)c2sccc2n2c(CCCC(=O)N3CCN(C(=O)c4ccco4)CC3)nnc12. The number of aromatic nitrogens is 4. The normalized spacial score (nSPS) is 14.5. The van der Waals surface area contributed by atoms with Crippen molar-refractivity contribution in [2.24, 2.45) is 7.05 Å². The first kappa shape index (κ1) is 20.4. The molecule has 0 radical (unpaired) electrons. The highest BCUT2D eigenvalue weighted by Gasteiger charge is 2.26. The third kappa shape index (κ3) is 3.48. The highest BCUT2D eigenvalue weighted by molar-refractivity contribution is 7.17. The van der Waals surface area contributed by atoms with Crippen LogP contribution >= 0.6 is 11.3 Å². The highest BCUT2D eigenvalue weighted by Crippen LogP contribution is 2.20. The lowest BCUT2D eigenvalue weighted by Crippen LogP contribution is -2.50. The molecule has 1 aliphatic heterocycles. The summed E-state index contributed by atoms with van der Waals surface area (Å²) in [7, 11) is 1.69. The molecule has 32 heavy (non-hydrogen) atoms. The smallest absolute Gasteiger partial charge is 0.289 e. The van der Waals surface area contributed by atoms with E-state index in [0.717, 1.165) is 11.3 Å². The highest BCUT2D eigenvalue weighted by atomic mass is 32.1. The Kier molecular flexibility index (Phi) is 5.25. The molecule has 5 heterocycles. The molecule has 0 spiro atoms. The van der Waals surface area contributed by atoms with E-state index >= 15 is 0 Å². The number of aryl methyl sites for hydroxylation is 2. The third-order valence-corrected chi connectivity index (χ3v) is 6.73. The van der Waals surface area contributed by atoms with Gasteiger partial charge in [0.25, 0.3) is 11.5 Å². The van der Waals surface area contributed by atoms with Crippen LogP contribution in [0, 0.1) is 0 Å². The van der Waals surface area contributed by atoms with Crippen molar-refractivity contribution in [3.63, 3.8) is 0 Å². The summed E-state index contributed by atoms with van der Waals surface area (Å²) < 4.78 is 9.24. The maximum absolute atomic E-state index is 12.7. The second kappa shape index (κ2) is 8.23. The molecular weight excluding hydrogens is 432 g/mol. The summed E-state index contributed by atoms with van der Waals surface area (Å²) in [5.41, 5.74) is 0.720. The maximum Gasteiger partial charge on any atom is 0.289 e. The van der Waals surface area contributed by atoms with Gasteiger partial charge in [-0.25, -0.2) is 0 Å². The Hall–Kier alpha value is -3.47. The standard InChI is InChI=1S/C21H22N6O4S/c1-24-20(30)18-14(7-13-32-18)27-16(22-23-21(24)27)5-2-6-17(28)25-8-10-26(11-9-25)19(29)15-4-3-12-31-15/h3-4,7,12-13H,2,5-6,8-11H2,1H3. The van der Waals surface area contributed by atoms with Crippen molar-refractivity contribution in [2.45, 2.75) is 19.3 Å². The number of carbonyl (C=O) groups excluding carboxylic acids is 2. The van der Waals surface area contributed by atoms with Crippen molar-refractivity contribution in [3.8, 4) is 0 Å². The van der Waals surface area contributed by atoms with E-state index in [-0.39, 0.29) is 17.4 Å². The van der Waals surface area contributed by atoms with Gasteiger partial charge in [0.05, 0.1) is 11.8 Å². The number of carbonyl (C=O) groups is 2. The number of piperazine rings is 1. The van der Waals surface area contributed by atoms with Gasteiger partial charge in [0.2, 0.25) is 11.7 Å². The summed E-state index contributed by atoms with van der Waals surface area (Å²) in [6.45, 7) is 2.00. The van der Waals surface area contributed by atoms with Gasteiger partial charge in [-0.1, -0.05) is 0 Å². The number of rotatable bonds is 5. The van der Waals surface area contributed by atoms with Gasteiger partial charge in [0.1, 0.15) is 10.5 Å². The van der Waals surface area contributed by atoms with Crippen LogP contribution in [0.1, 0.15) is 29.2 Å². The summed E-state index contributed by atoms with van der Waals surface area (Å²) in [4.78, 5) is 41.0. The number of hydrogen-bond acceptors (Lipinski definition) is 7. The van der Waals surface area contributed by atoms with Gasteiger partial charge >= 0.3 is 0 Å². The molecule has 1 aliphatic rings. The summed E-state index contributed by atoms with van der Waals surface area (Å²) >= 11 is 1.40. The molecule has 166 valence electrons. The zero-order chi connectivity index (χ0) is 22.2. The van der Waals surface area contributed by atoms with Crippen molar-refractivity contribution >= 4 is 39.1 Å². The van der Waals surface area contributed by atoms with Crippen molar-refractivity contribution in [1.29, 1.82) is 0 Å². The Labute approximate surface area is 186 Å². The van der Waals surface area contributed by atoms with Crippen LogP contribution in [-0.2, 0) is 18.3 Å². The molecule has 0 atom stereocenters. The number of fused-ring (bicyclic) bond motifs is 3. The summed E-state index contributed by atoms with van der Waals surface area (Å²) in [6.07, 6.45) is 3.07. The molecule has 0 bridgehead atoms. The van der Waals surface area contributed by atoms with Crippen LogP contribution in [0.5, 0.6) is 0 Å². The Bertz CT molecular complexity index is 1340. The zero-order valence-corrected chi connectivity index (χ0v) is 18.4. The van der Waals surface area contributed by atoms with Crippen LogP contribution in [0.15, 0.2) is 39.1 Å². The van der Waals surface area contributed by atoms with Gasteiger partial charge in [-0.15, -0.1) is 21.5 Å². The molecule has 1 saturated heterocycles. The first-order valence-corrected chi connectivity index (χ1v) is 11.3. The van der Waals surface area contributed by atoms with Crippen LogP contribution in [0.3, 0.4) is 0 Å². The second-order valence-electron chi connectivity index (χ2n) is 7.75. The van der Waals surface area contributed by atoms with Gasteiger partial charge in [-0.2, -0.15) is 0 Å². The first-order chi connectivity index (χ1) is 15.5. The number of amides is 2. The molecule has 1 fully saturated rings. The van der Waals surface area contributed by atoms with Crippen molar-refractivity contribution < 1.29 is 14.0 Å². The largest absolute Gasteiger partial charge is 0.459 e. The molecule has 4 aromatic rings. The van der Waals surface area contributed by atoms with E-state index in [9.17, 15) is 14.4 Å². The van der Waals surface area contributed by atoms with Crippen molar-refractivity contribution in [3.05, 3.63) is 51.8 Å². The minimum absolute atomic E-state index is 0.0667. The van der Waals surface area contributed by atoms with Crippen molar-refractivity contribution in [1.82, 2.24) is 29.0 Å². The Balaban J connectivity index is 1.20. The van der Waals surface area contributed by atoms with E-state index in [1.807, 2.05) is 15.8 Å². The number of furan rings is 1. The molecule has 4 aromatic heterocycles. The van der Waals surface area contributed by atoms with Crippen LogP contribution in [0.4, 0.5) is 0 Å². The first-order valence-electron chi connectivity index (χ1n) is 10.5. The van der Waals surface area contributed by atoms with Gasteiger partial charge < -0.3 is 14.2 Å². The number of nitrogens with zero attached hydrogens (tertiary/aromatic N) is 6. The maximum atomic E-state index is 12.7. The number of hydrogen-bond donors (Lipinski definition) is 0. The predicted molar refractivity (Wildman–Crippen MR) is 118 cm³/mol. The molecule has 10 nitrogen and oxygen atoms in total. The fourth-order valence-corrected chi connectivity index (χ4v) is 4.94. The van der Waals surface area contributed by atoms with E-state index in [0.29, 0.717) is 61.7 Å². The molecular formula is C21H22N6O4S. The van der Waals surface area contributed by atoms with Crippen LogP contribution in [0.25, 0.3) is 16.0 Å². The lowest BCUT2D eigenvalue weighted by molar-refractivity contribution is -0.132. The fourth-order valence-electron chi connectivity index (χ4n) is 4.09. The van der Waals surface area contributed by atoms with Gasteiger partial charge in [0, 0.05) is 46.1 Å². The fraction of sp³-hybridized carbons (Fsp3) is 0.381. The Morgan fingerprint density at radius 3 is 2.66 bits per heavy atom. The predicted octanol–water partition coefficient (Wildman–Crippen LogP) is 1.54. The summed E-state index contributed by atoms with van der Waals surface area (Å²) in [5, 5.41) is 10.3. The molecule has 0 saturated carbocycles. The van der Waals surface area contributed by atoms with Crippen molar-refractivity contribution in [2.75, 3.05) is 26.2 Å². The second-order valence-corrected chi connectivity index (χ2v) is 8.67. The summed E-state index contributed by atoms with van der Waals surface area (Å²) in [5.74, 6) is 1.48. The van der Waals surface area contributed by atoms with E-state index in [1.54, 1.807) is 29.0 Å². The lowest BCUT2D eigenvalue weighted by atomic mass is 10.2. The van der Waals surface area contributed by atoms with Crippen LogP contribution in [0.2, 0.25) is 0 Å². The zero-order valence-electron chi connectivity index (χ0n) is 17.6. The molecule has 0 N–H and O–H groups in total. The molecule has 11 heteroatoms. The van der Waals surface area contributed by atoms with Gasteiger partial charge in [0.15, 0.2) is 5.76 Å². The van der Waals surface area contributed by atoms with E-state index in [2.05, 4.69) is 10.2 Å². The Morgan fingerprint density at radius 2 is 1.91 bits per heavy atom. The molecule has 0 unspecified atom stereocenters. The van der Waals surface area contributed by atoms with Gasteiger partial charge in [-0.3, -0.25) is 23.4 Å². The average Bonchev–Trinajstić information content (AvgIpc) is 3.57. The topological polar surface area (TPSA) is 106 Å². The van der Waals surface area contributed by atoms with E-state index in [4.69, 9.17) is 4.42 Å². The Morgan fingerprint density at radius 1 is 1.12 bits per heavy atom. The quantitative estimate of drug-likeness (QED) is 0.453. The molecule has 5 rings (SSSR count). The van der Waals surface area contributed by atoms with Gasteiger partial charge in [-0.05, 0) is 30.0 Å². The molecule has 2 amide bonds. The third-order valence-electron chi connectivity index (χ3n) is 5.84. The van der Waals surface area contributed by atoms with Crippen LogP contribution < -0.4 is 5.56 Å². The lowest BCUT2D eigenvalue weighted by Gasteiger charge is -2.34. The number of thiophene rings is 1. The minimum Gasteiger partial charge on any atom is -0.459 e.